The van der Waals surface area contributed by atoms with E-state index in [0.29, 0.717) is 16.7 Å². The number of fused-ring (bicyclic) bond motifs is 1. The highest BCUT2D eigenvalue weighted by atomic mass is 16.4. The van der Waals surface area contributed by atoms with Gasteiger partial charge in [-0.3, -0.25) is 4.79 Å². The van der Waals surface area contributed by atoms with Gasteiger partial charge in [0.25, 0.3) is 5.91 Å². The number of rotatable bonds is 5. The maximum absolute atomic E-state index is 12.7. The Morgan fingerprint density at radius 1 is 0.941 bits per heavy atom. The number of carbonyl (C=O) groups is 1. The molecule has 0 unspecified atom stereocenters. The number of benzene rings is 2. The summed E-state index contributed by atoms with van der Waals surface area (Å²) in [6.45, 7) is 3.92. The third-order valence-corrected chi connectivity index (χ3v) is 5.78. The molecule has 2 aromatic carbocycles. The zero-order chi connectivity index (χ0) is 23.5. The summed E-state index contributed by atoms with van der Waals surface area (Å²) in [5, 5.41) is 6.76. The first-order valence-corrected chi connectivity index (χ1v) is 11.4. The van der Waals surface area contributed by atoms with Crippen LogP contribution in [0, 0.1) is 6.92 Å². The number of aryl methyl sites for hydroxylation is 1. The van der Waals surface area contributed by atoms with E-state index in [1.54, 1.807) is 36.4 Å². The monoisotopic (exact) mass is 455 g/mol. The first-order valence-electron chi connectivity index (χ1n) is 11.4. The molecule has 172 valence electrons. The summed E-state index contributed by atoms with van der Waals surface area (Å²) in [7, 11) is 0. The zero-order valence-electron chi connectivity index (χ0n) is 18.9. The second kappa shape index (κ2) is 9.35. The Morgan fingerprint density at radius 2 is 1.68 bits per heavy atom. The molecule has 4 aromatic rings. The minimum atomic E-state index is -0.668. The fourth-order valence-corrected chi connectivity index (χ4v) is 4.06. The topological polar surface area (TPSA) is 100 Å². The molecule has 0 spiro atoms. The van der Waals surface area contributed by atoms with Crippen molar-refractivity contribution < 1.29 is 9.21 Å². The van der Waals surface area contributed by atoms with E-state index in [0.717, 1.165) is 49.1 Å². The number of nitrogens with zero attached hydrogens (tertiary/aromatic N) is 3. The van der Waals surface area contributed by atoms with Gasteiger partial charge in [0.1, 0.15) is 17.0 Å². The van der Waals surface area contributed by atoms with Gasteiger partial charge in [0.15, 0.2) is 0 Å². The Bertz CT molecular complexity index is 1390. The van der Waals surface area contributed by atoms with Gasteiger partial charge in [-0.25, -0.2) is 9.78 Å². The molecule has 2 aromatic heterocycles. The van der Waals surface area contributed by atoms with Crippen LogP contribution < -0.4 is 21.2 Å². The fourth-order valence-electron chi connectivity index (χ4n) is 4.06. The molecule has 1 fully saturated rings. The van der Waals surface area contributed by atoms with Crippen molar-refractivity contribution in [3.8, 4) is 0 Å². The summed E-state index contributed by atoms with van der Waals surface area (Å²) in [5.41, 5.74) is 2.03. The van der Waals surface area contributed by atoms with Gasteiger partial charge in [-0.15, -0.1) is 0 Å². The number of nitrogens with one attached hydrogen (secondary N) is 2. The number of hydrogen-bond acceptors (Lipinski definition) is 7. The maximum atomic E-state index is 12.7. The Morgan fingerprint density at radius 3 is 2.47 bits per heavy atom. The lowest BCUT2D eigenvalue weighted by Gasteiger charge is -2.27. The van der Waals surface area contributed by atoms with Crippen LogP contribution >= 0.6 is 0 Å². The lowest BCUT2D eigenvalue weighted by Crippen LogP contribution is -2.31. The molecule has 1 saturated heterocycles. The van der Waals surface area contributed by atoms with E-state index in [2.05, 4.69) is 25.5 Å². The first kappa shape index (κ1) is 21.6. The molecule has 0 bridgehead atoms. The van der Waals surface area contributed by atoms with Crippen LogP contribution in [0.2, 0.25) is 0 Å². The number of hydrogen-bond donors (Lipinski definition) is 2. The second-order valence-corrected chi connectivity index (χ2v) is 8.38. The van der Waals surface area contributed by atoms with Crippen LogP contribution in [-0.4, -0.2) is 29.0 Å². The lowest BCUT2D eigenvalue weighted by molar-refractivity contribution is 0.102. The molecule has 0 radical (unpaired) electrons. The molecule has 5 rings (SSSR count). The summed E-state index contributed by atoms with van der Waals surface area (Å²) in [5.74, 6) is 0.955. The quantitative estimate of drug-likeness (QED) is 0.414. The number of piperidine rings is 1. The highest BCUT2D eigenvalue weighted by Crippen LogP contribution is 2.22. The summed E-state index contributed by atoms with van der Waals surface area (Å²) >= 11 is 0. The Kier molecular flexibility index (Phi) is 5.95. The minimum absolute atomic E-state index is 0.0393. The fraction of sp³-hybridized carbons (Fsp3) is 0.231. The molecule has 1 amide bonds. The van der Waals surface area contributed by atoms with E-state index in [1.165, 1.54) is 6.42 Å². The molecule has 8 nitrogen and oxygen atoms in total. The molecule has 1 aliphatic heterocycles. The number of anilines is 4. The molecule has 0 aliphatic carbocycles. The highest BCUT2D eigenvalue weighted by Gasteiger charge is 2.16. The molecule has 0 saturated carbocycles. The molecule has 34 heavy (non-hydrogen) atoms. The third kappa shape index (κ3) is 4.76. The third-order valence-electron chi connectivity index (χ3n) is 5.78. The van der Waals surface area contributed by atoms with E-state index in [4.69, 9.17) is 4.42 Å². The number of para-hydroxylation sites is 1. The van der Waals surface area contributed by atoms with E-state index in [1.807, 2.05) is 31.2 Å². The van der Waals surface area contributed by atoms with Crippen LogP contribution in [0.25, 0.3) is 11.0 Å². The number of aromatic nitrogens is 2. The van der Waals surface area contributed by atoms with Crippen LogP contribution in [0.1, 0.15) is 35.3 Å². The van der Waals surface area contributed by atoms with Crippen LogP contribution in [0.5, 0.6) is 0 Å². The largest absolute Gasteiger partial charge is 0.422 e. The van der Waals surface area contributed by atoms with E-state index in [-0.39, 0.29) is 5.56 Å². The number of amides is 1. The van der Waals surface area contributed by atoms with Crippen molar-refractivity contribution in [2.75, 3.05) is 28.6 Å². The van der Waals surface area contributed by atoms with Crippen LogP contribution in [0.4, 0.5) is 23.1 Å². The van der Waals surface area contributed by atoms with E-state index < -0.39 is 11.5 Å². The van der Waals surface area contributed by atoms with Crippen LogP contribution in [0.3, 0.4) is 0 Å². The molecule has 3 heterocycles. The van der Waals surface area contributed by atoms with E-state index >= 15 is 0 Å². The SMILES string of the molecule is Cc1cc(Nc2ccc(NC(=O)c3cc4ccccc4oc3=O)cc2)nc(N2CCCCC2)n1. The van der Waals surface area contributed by atoms with Crippen LogP contribution in [0.15, 0.2) is 69.9 Å². The van der Waals surface area contributed by atoms with Gasteiger partial charge in [-0.2, -0.15) is 4.98 Å². The van der Waals surface area contributed by atoms with Gasteiger partial charge in [0.05, 0.1) is 0 Å². The Balaban J connectivity index is 1.29. The average molecular weight is 456 g/mol. The first-order chi connectivity index (χ1) is 16.5. The normalized spacial score (nSPS) is 13.6. The zero-order valence-corrected chi connectivity index (χ0v) is 18.9. The van der Waals surface area contributed by atoms with Gasteiger partial charge in [0.2, 0.25) is 5.95 Å². The highest BCUT2D eigenvalue weighted by molar-refractivity contribution is 6.05. The maximum Gasteiger partial charge on any atom is 0.349 e. The molecular formula is C26H25N5O3. The Labute approximate surface area is 196 Å². The number of carbonyl (C=O) groups excluding carboxylic acids is 1. The van der Waals surface area contributed by atoms with Gasteiger partial charge in [0, 0.05) is 41.6 Å². The Hall–Kier alpha value is -4.20. The molecule has 1 aliphatic rings. The van der Waals surface area contributed by atoms with Crippen molar-refractivity contribution in [3.05, 3.63) is 82.3 Å². The smallest absolute Gasteiger partial charge is 0.349 e. The van der Waals surface area contributed by atoms with Crippen molar-refractivity contribution in [2.45, 2.75) is 26.2 Å². The second-order valence-electron chi connectivity index (χ2n) is 8.38. The van der Waals surface area contributed by atoms with Crippen molar-refractivity contribution in [3.63, 3.8) is 0 Å². The molecular weight excluding hydrogens is 430 g/mol. The van der Waals surface area contributed by atoms with Crippen molar-refractivity contribution in [2.24, 2.45) is 0 Å². The van der Waals surface area contributed by atoms with Gasteiger partial charge >= 0.3 is 5.63 Å². The van der Waals surface area contributed by atoms with Crippen molar-refractivity contribution >= 4 is 40.0 Å². The predicted molar refractivity (Wildman–Crippen MR) is 133 cm³/mol. The van der Waals surface area contributed by atoms with Gasteiger partial charge < -0.3 is 20.0 Å². The van der Waals surface area contributed by atoms with Crippen LogP contribution in [-0.2, 0) is 0 Å². The summed E-state index contributed by atoms with van der Waals surface area (Å²) < 4.78 is 5.26. The summed E-state index contributed by atoms with van der Waals surface area (Å²) in [6, 6.07) is 17.8. The summed E-state index contributed by atoms with van der Waals surface area (Å²) in [4.78, 5) is 36.4. The molecule has 0 atom stereocenters. The average Bonchev–Trinajstić information content (AvgIpc) is 2.85. The minimum Gasteiger partial charge on any atom is -0.422 e. The standard InChI is InChI=1S/C26H25N5O3/c1-17-15-23(30-26(27-17)31-13-5-2-6-14-31)28-19-9-11-20(12-10-19)29-24(32)21-16-18-7-3-4-8-22(18)34-25(21)33/h3-4,7-12,15-16H,2,5-6,13-14H2,1H3,(H,29,32)(H,27,28,30). The van der Waals surface area contributed by atoms with Crippen molar-refractivity contribution in [1.82, 2.24) is 9.97 Å². The molecule has 2 N–H and O–H groups in total. The predicted octanol–water partition coefficient (Wildman–Crippen LogP) is 4.88. The summed E-state index contributed by atoms with van der Waals surface area (Å²) in [6.07, 6.45) is 3.57. The molecule has 8 heteroatoms. The van der Waals surface area contributed by atoms with Crippen molar-refractivity contribution in [1.29, 1.82) is 0 Å². The van der Waals surface area contributed by atoms with E-state index in [9.17, 15) is 9.59 Å². The van der Waals surface area contributed by atoms with Gasteiger partial charge in [-0.1, -0.05) is 18.2 Å². The van der Waals surface area contributed by atoms with Gasteiger partial charge in [-0.05, 0) is 62.6 Å². The lowest BCUT2D eigenvalue weighted by atomic mass is 10.1.